The van der Waals surface area contributed by atoms with Crippen molar-refractivity contribution in [1.82, 2.24) is 5.32 Å². The van der Waals surface area contributed by atoms with Crippen LogP contribution in [0.5, 0.6) is 0 Å². The molecule has 1 atom stereocenters. The smallest absolute Gasteiger partial charge is 0.222 e. The van der Waals surface area contributed by atoms with E-state index in [4.69, 9.17) is 4.74 Å². The SMILES string of the molecule is COCCC(=O)N[C@@H](C)c1cc[c]cc1. The van der Waals surface area contributed by atoms with Gasteiger partial charge in [-0.2, -0.15) is 0 Å². The van der Waals surface area contributed by atoms with Gasteiger partial charge in [0.15, 0.2) is 0 Å². The summed E-state index contributed by atoms with van der Waals surface area (Å²) in [6, 6.07) is 10.5. The molecule has 81 valence electrons. The summed E-state index contributed by atoms with van der Waals surface area (Å²) in [5.74, 6) is 0.0113. The molecule has 0 aliphatic carbocycles. The average molecular weight is 206 g/mol. The van der Waals surface area contributed by atoms with Crippen molar-refractivity contribution in [2.45, 2.75) is 19.4 Å². The molecule has 1 radical (unpaired) electrons. The molecule has 15 heavy (non-hydrogen) atoms. The first-order valence-corrected chi connectivity index (χ1v) is 4.98. The largest absolute Gasteiger partial charge is 0.384 e. The number of amides is 1. The average Bonchev–Trinajstić information content (AvgIpc) is 2.27. The molecular weight excluding hydrogens is 190 g/mol. The van der Waals surface area contributed by atoms with E-state index in [-0.39, 0.29) is 11.9 Å². The highest BCUT2D eigenvalue weighted by Gasteiger charge is 2.08. The van der Waals surface area contributed by atoms with Crippen LogP contribution in [0.2, 0.25) is 0 Å². The summed E-state index contributed by atoms with van der Waals surface area (Å²) in [7, 11) is 1.59. The van der Waals surface area contributed by atoms with Crippen LogP contribution in [0.15, 0.2) is 24.3 Å². The molecule has 3 heteroatoms. The van der Waals surface area contributed by atoms with Gasteiger partial charge in [0, 0.05) is 13.5 Å². The van der Waals surface area contributed by atoms with Crippen LogP contribution in [0.25, 0.3) is 0 Å². The second-order valence-electron chi connectivity index (χ2n) is 3.37. The van der Waals surface area contributed by atoms with E-state index in [9.17, 15) is 4.79 Å². The number of hydrogen-bond acceptors (Lipinski definition) is 2. The molecule has 0 aliphatic heterocycles. The van der Waals surface area contributed by atoms with Crippen molar-refractivity contribution in [3.8, 4) is 0 Å². The lowest BCUT2D eigenvalue weighted by Gasteiger charge is -2.13. The van der Waals surface area contributed by atoms with E-state index in [2.05, 4.69) is 11.4 Å². The second kappa shape index (κ2) is 6.19. The van der Waals surface area contributed by atoms with E-state index < -0.39 is 0 Å². The summed E-state index contributed by atoms with van der Waals surface area (Å²) in [5.41, 5.74) is 1.08. The fraction of sp³-hybridized carbons (Fsp3) is 0.417. The lowest BCUT2D eigenvalue weighted by molar-refractivity contribution is -0.122. The maximum atomic E-state index is 11.4. The fourth-order valence-corrected chi connectivity index (χ4v) is 1.28. The van der Waals surface area contributed by atoms with E-state index in [1.807, 2.05) is 31.2 Å². The first-order valence-electron chi connectivity index (χ1n) is 4.98. The standard InChI is InChI=1S/C12H16NO2/c1-10(11-6-4-3-5-7-11)13-12(14)8-9-15-2/h4-7,10H,8-9H2,1-2H3,(H,13,14)/t10-/m0/s1. The lowest BCUT2D eigenvalue weighted by atomic mass is 10.1. The van der Waals surface area contributed by atoms with Crippen LogP contribution < -0.4 is 5.32 Å². The summed E-state index contributed by atoms with van der Waals surface area (Å²) in [6.45, 7) is 2.42. The number of carbonyl (C=O) groups excluding carboxylic acids is 1. The van der Waals surface area contributed by atoms with Gasteiger partial charge < -0.3 is 10.1 Å². The Bertz CT molecular complexity index is 298. The monoisotopic (exact) mass is 206 g/mol. The van der Waals surface area contributed by atoms with Gasteiger partial charge in [0.2, 0.25) is 5.91 Å². The van der Waals surface area contributed by atoms with Crippen LogP contribution in [-0.4, -0.2) is 19.6 Å². The van der Waals surface area contributed by atoms with Gasteiger partial charge >= 0.3 is 0 Å². The van der Waals surface area contributed by atoms with Gasteiger partial charge in [-0.25, -0.2) is 0 Å². The van der Waals surface area contributed by atoms with Gasteiger partial charge in [-0.15, -0.1) is 0 Å². The van der Waals surface area contributed by atoms with Crippen LogP contribution in [-0.2, 0) is 9.53 Å². The number of benzene rings is 1. The maximum Gasteiger partial charge on any atom is 0.222 e. The van der Waals surface area contributed by atoms with Gasteiger partial charge in [-0.3, -0.25) is 4.79 Å². The summed E-state index contributed by atoms with van der Waals surface area (Å²) in [6.07, 6.45) is 0.403. The molecule has 0 aromatic heterocycles. The molecule has 0 bridgehead atoms. The highest BCUT2D eigenvalue weighted by atomic mass is 16.5. The zero-order valence-electron chi connectivity index (χ0n) is 9.12. The van der Waals surface area contributed by atoms with Crippen LogP contribution in [0.1, 0.15) is 24.9 Å². The molecular formula is C12H16NO2. The van der Waals surface area contributed by atoms with E-state index in [1.165, 1.54) is 0 Å². The van der Waals surface area contributed by atoms with Crippen molar-refractivity contribution < 1.29 is 9.53 Å². The fourth-order valence-electron chi connectivity index (χ4n) is 1.28. The number of ether oxygens (including phenoxy) is 1. The van der Waals surface area contributed by atoms with Crippen LogP contribution in [0.3, 0.4) is 0 Å². The Morgan fingerprint density at radius 3 is 2.80 bits per heavy atom. The first-order chi connectivity index (χ1) is 7.24. The van der Waals surface area contributed by atoms with Gasteiger partial charge in [0.25, 0.3) is 0 Å². The minimum absolute atomic E-state index is 0.0113. The third-order valence-electron chi connectivity index (χ3n) is 2.15. The molecule has 0 saturated carbocycles. The number of carbonyl (C=O) groups is 1. The predicted molar refractivity (Wildman–Crippen MR) is 58.3 cm³/mol. The van der Waals surface area contributed by atoms with Gasteiger partial charge in [-0.1, -0.05) is 24.3 Å². The summed E-state index contributed by atoms with van der Waals surface area (Å²) >= 11 is 0. The molecule has 0 fully saturated rings. The minimum atomic E-state index is 0.0113. The van der Waals surface area contributed by atoms with Crippen molar-refractivity contribution in [3.63, 3.8) is 0 Å². The van der Waals surface area contributed by atoms with Crippen molar-refractivity contribution in [2.75, 3.05) is 13.7 Å². The molecule has 1 N–H and O–H groups in total. The molecule has 1 rings (SSSR count). The molecule has 1 amide bonds. The van der Waals surface area contributed by atoms with E-state index in [1.54, 1.807) is 7.11 Å². The molecule has 0 saturated heterocycles. The van der Waals surface area contributed by atoms with Crippen LogP contribution >= 0.6 is 0 Å². The first kappa shape index (κ1) is 11.7. The predicted octanol–water partition coefficient (Wildman–Crippen LogP) is 1.70. The molecule has 0 heterocycles. The van der Waals surface area contributed by atoms with Crippen molar-refractivity contribution in [1.29, 1.82) is 0 Å². The van der Waals surface area contributed by atoms with Crippen LogP contribution in [0, 0.1) is 6.07 Å². The number of methoxy groups -OCH3 is 1. The topological polar surface area (TPSA) is 38.3 Å². The van der Waals surface area contributed by atoms with Gasteiger partial charge in [0.1, 0.15) is 0 Å². The van der Waals surface area contributed by atoms with E-state index in [0.717, 1.165) is 5.56 Å². The molecule has 3 nitrogen and oxygen atoms in total. The Kier molecular flexibility index (Phi) is 4.84. The Labute approximate surface area is 90.4 Å². The van der Waals surface area contributed by atoms with E-state index in [0.29, 0.717) is 13.0 Å². The number of nitrogens with one attached hydrogen (secondary N) is 1. The highest BCUT2D eigenvalue weighted by molar-refractivity contribution is 5.76. The van der Waals surface area contributed by atoms with Crippen molar-refractivity contribution in [3.05, 3.63) is 35.9 Å². The third-order valence-corrected chi connectivity index (χ3v) is 2.15. The van der Waals surface area contributed by atoms with Crippen molar-refractivity contribution in [2.24, 2.45) is 0 Å². The Morgan fingerprint density at radius 1 is 1.53 bits per heavy atom. The molecule has 0 aliphatic rings. The second-order valence-corrected chi connectivity index (χ2v) is 3.37. The zero-order valence-corrected chi connectivity index (χ0v) is 9.12. The highest BCUT2D eigenvalue weighted by Crippen LogP contribution is 2.10. The Balaban J connectivity index is 2.42. The molecule has 0 spiro atoms. The van der Waals surface area contributed by atoms with Crippen LogP contribution in [0.4, 0.5) is 0 Å². The summed E-state index contributed by atoms with van der Waals surface area (Å²) < 4.78 is 4.83. The maximum absolute atomic E-state index is 11.4. The quantitative estimate of drug-likeness (QED) is 0.796. The van der Waals surface area contributed by atoms with Gasteiger partial charge in [-0.05, 0) is 18.6 Å². The Morgan fingerprint density at radius 2 is 2.20 bits per heavy atom. The van der Waals surface area contributed by atoms with E-state index >= 15 is 0 Å². The summed E-state index contributed by atoms with van der Waals surface area (Å²) in [5, 5.41) is 2.90. The third kappa shape index (κ3) is 4.13. The Hall–Kier alpha value is -1.35. The number of rotatable bonds is 5. The molecule has 1 aromatic carbocycles. The minimum Gasteiger partial charge on any atom is -0.384 e. The molecule has 0 unspecified atom stereocenters. The summed E-state index contributed by atoms with van der Waals surface area (Å²) in [4.78, 5) is 11.4. The van der Waals surface area contributed by atoms with Crippen molar-refractivity contribution >= 4 is 5.91 Å². The lowest BCUT2D eigenvalue weighted by Crippen LogP contribution is -2.27. The normalized spacial score (nSPS) is 12.1. The number of hydrogen-bond donors (Lipinski definition) is 1. The zero-order chi connectivity index (χ0) is 11.1. The molecule has 1 aromatic rings. The van der Waals surface area contributed by atoms with Gasteiger partial charge in [0.05, 0.1) is 12.6 Å².